The van der Waals surface area contributed by atoms with E-state index in [2.05, 4.69) is 119 Å². The third-order valence-electron chi connectivity index (χ3n) is 6.18. The summed E-state index contributed by atoms with van der Waals surface area (Å²) >= 11 is 0. The number of hydrogen-bond donors (Lipinski definition) is 0. The molecule has 0 aromatic heterocycles. The maximum atomic E-state index is 2.37. The summed E-state index contributed by atoms with van der Waals surface area (Å²) in [5.41, 5.74) is 10.4. The second-order valence-electron chi connectivity index (χ2n) is 8.57. The Hall–Kier alpha value is -1.41. The predicted molar refractivity (Wildman–Crippen MR) is 129 cm³/mol. The Morgan fingerprint density at radius 1 is 0.618 bits per heavy atom. The van der Waals surface area contributed by atoms with E-state index < -0.39 is 0 Å². The Morgan fingerprint density at radius 2 is 1.03 bits per heavy atom. The van der Waals surface area contributed by atoms with E-state index in [-0.39, 0.29) is 64.4 Å². The molecule has 0 bridgehead atoms. The fourth-order valence-corrected chi connectivity index (χ4v) is 4.91. The third-order valence-corrected chi connectivity index (χ3v) is 6.18. The monoisotopic (exact) mass is 544 g/mol. The van der Waals surface area contributed by atoms with Crippen molar-refractivity contribution < 1.29 is 58.9 Å². The molecule has 0 amide bonds. The Morgan fingerprint density at radius 3 is 1.38 bits per heavy atom. The zero-order valence-corrected chi connectivity index (χ0v) is 24.0. The van der Waals surface area contributed by atoms with Crippen molar-refractivity contribution in [1.82, 2.24) is 0 Å². The topological polar surface area (TPSA) is 0 Å². The number of rotatable bonds is 6. The van der Waals surface area contributed by atoms with Crippen LogP contribution in [0.3, 0.4) is 0 Å². The largest absolute Gasteiger partial charge is 4.00 e. The first-order valence-corrected chi connectivity index (χ1v) is 11.0. The van der Waals surface area contributed by atoms with Gasteiger partial charge in [0.2, 0.25) is 0 Å². The molecular formula is C30H31Cl3Ti. The summed E-state index contributed by atoms with van der Waals surface area (Å²) in [4.78, 5) is 0. The summed E-state index contributed by atoms with van der Waals surface area (Å²) in [6.45, 7) is 8.85. The van der Waals surface area contributed by atoms with Crippen LogP contribution < -0.4 is 37.2 Å². The van der Waals surface area contributed by atoms with Gasteiger partial charge in [0, 0.05) is 5.41 Å². The van der Waals surface area contributed by atoms with Gasteiger partial charge in [0.25, 0.3) is 0 Å². The second-order valence-corrected chi connectivity index (χ2v) is 8.57. The molecule has 0 heterocycles. The zero-order chi connectivity index (χ0) is 21.1. The molecule has 0 radical (unpaired) electrons. The van der Waals surface area contributed by atoms with Crippen molar-refractivity contribution >= 4 is 0 Å². The van der Waals surface area contributed by atoms with Gasteiger partial charge in [-0.25, -0.2) is 12.1 Å². The van der Waals surface area contributed by atoms with Gasteiger partial charge in [0.1, 0.15) is 0 Å². The normalized spacial score (nSPS) is 10.2. The van der Waals surface area contributed by atoms with E-state index in [1.807, 2.05) is 0 Å². The molecule has 34 heavy (non-hydrogen) atoms. The number of hydrogen-bond acceptors (Lipinski definition) is 0. The van der Waals surface area contributed by atoms with E-state index in [9.17, 15) is 0 Å². The Balaban J connectivity index is 0.00000272. The average Bonchev–Trinajstić information content (AvgIpc) is 3.18. The first kappa shape index (κ1) is 32.6. The van der Waals surface area contributed by atoms with Crippen molar-refractivity contribution in [2.24, 2.45) is 0 Å². The number of halogens is 3. The van der Waals surface area contributed by atoms with Crippen LogP contribution >= 0.6 is 0 Å². The molecule has 0 nitrogen and oxygen atoms in total. The zero-order valence-electron chi connectivity index (χ0n) is 20.2. The summed E-state index contributed by atoms with van der Waals surface area (Å²) in [6.07, 6.45) is 2.23. The van der Waals surface area contributed by atoms with Crippen LogP contribution in [0.4, 0.5) is 0 Å². The molecule has 0 aliphatic carbocycles. The molecule has 0 spiro atoms. The molecule has 4 aromatic rings. The third kappa shape index (κ3) is 6.23. The van der Waals surface area contributed by atoms with Gasteiger partial charge in [0.15, 0.2) is 0 Å². The maximum Gasteiger partial charge on any atom is 4.00 e. The first-order valence-electron chi connectivity index (χ1n) is 11.0. The molecule has 4 aromatic carbocycles. The molecule has 0 aliphatic rings. The molecule has 4 heteroatoms. The fourth-order valence-electron chi connectivity index (χ4n) is 4.91. The van der Waals surface area contributed by atoms with E-state index in [0.717, 1.165) is 12.8 Å². The Labute approximate surface area is 239 Å². The van der Waals surface area contributed by atoms with Crippen LogP contribution in [-0.4, -0.2) is 0 Å². The van der Waals surface area contributed by atoms with Crippen molar-refractivity contribution in [3.05, 3.63) is 136 Å². The molecule has 176 valence electrons. The van der Waals surface area contributed by atoms with E-state index in [0.29, 0.717) is 0 Å². The smallest absolute Gasteiger partial charge is 1.00 e. The van der Waals surface area contributed by atoms with Crippen molar-refractivity contribution in [1.29, 1.82) is 0 Å². The van der Waals surface area contributed by atoms with Crippen molar-refractivity contribution in [2.75, 3.05) is 0 Å². The van der Waals surface area contributed by atoms with Gasteiger partial charge in [-0.05, 0) is 37.5 Å². The van der Waals surface area contributed by atoms with Gasteiger partial charge in [0.05, 0.1) is 0 Å². The predicted octanol–water partition coefficient (Wildman–Crippen LogP) is -1.32. The molecule has 0 aliphatic heterocycles. The first-order chi connectivity index (χ1) is 14.6. The van der Waals surface area contributed by atoms with E-state index in [4.69, 9.17) is 0 Å². The molecule has 0 saturated carbocycles. The van der Waals surface area contributed by atoms with Crippen LogP contribution in [0.5, 0.6) is 0 Å². The second kappa shape index (κ2) is 14.2. The summed E-state index contributed by atoms with van der Waals surface area (Å²) in [7, 11) is 0. The number of aryl methyl sites for hydroxylation is 4. The van der Waals surface area contributed by atoms with Gasteiger partial charge in [-0.15, -0.1) is 5.56 Å². The van der Waals surface area contributed by atoms with Crippen molar-refractivity contribution in [3.8, 4) is 0 Å². The maximum absolute atomic E-state index is 2.37. The van der Waals surface area contributed by atoms with Crippen molar-refractivity contribution in [2.45, 2.75) is 46.0 Å². The van der Waals surface area contributed by atoms with Gasteiger partial charge in [-0.3, -0.25) is 0 Å². The quantitative estimate of drug-likeness (QED) is 0.160. The molecule has 0 fully saturated rings. The SMILES string of the molecule is CCCc1ccc[c-]1C(c1cccc(C)c1)(c1cccc(C)c1)c1cccc(C)c1.[Cl-].[Cl-].[Cl-].[Ti+4]. The summed E-state index contributed by atoms with van der Waals surface area (Å²) in [5, 5.41) is 0. The van der Waals surface area contributed by atoms with Crippen LogP contribution in [0.15, 0.2) is 91.0 Å². The summed E-state index contributed by atoms with van der Waals surface area (Å²) in [5.74, 6) is 0. The Bertz CT molecular complexity index is 1050. The molecule has 0 unspecified atom stereocenters. The van der Waals surface area contributed by atoms with Crippen LogP contribution in [0, 0.1) is 20.8 Å². The van der Waals surface area contributed by atoms with Crippen LogP contribution in [0.25, 0.3) is 0 Å². The van der Waals surface area contributed by atoms with Gasteiger partial charge < -0.3 is 37.2 Å². The van der Waals surface area contributed by atoms with Crippen LogP contribution in [0.1, 0.15) is 57.9 Å². The molecule has 0 saturated heterocycles. The van der Waals surface area contributed by atoms with Gasteiger partial charge >= 0.3 is 21.7 Å². The molecule has 0 atom stereocenters. The van der Waals surface area contributed by atoms with Crippen LogP contribution in [-0.2, 0) is 33.6 Å². The van der Waals surface area contributed by atoms with E-state index in [1.54, 1.807) is 0 Å². The van der Waals surface area contributed by atoms with E-state index in [1.165, 1.54) is 44.5 Å². The standard InChI is InChI=1S/C30H31.3ClH.Ti/c1-5-10-25-14-9-18-29(25)30(26-15-6-11-22(2)19-26,27-16-7-12-23(3)20-27)28-17-8-13-24(4)21-28;;;;/h6-9,11-21H,5,10H2,1-4H3;3*1H;/q-1;;;;+4/p-3. The minimum absolute atomic E-state index is 0. The molecular weight excluding hydrogens is 515 g/mol. The summed E-state index contributed by atoms with van der Waals surface area (Å²) < 4.78 is 0. The molecule has 0 N–H and O–H groups in total. The minimum atomic E-state index is -0.335. The van der Waals surface area contributed by atoms with Crippen molar-refractivity contribution in [3.63, 3.8) is 0 Å². The van der Waals surface area contributed by atoms with E-state index >= 15 is 0 Å². The van der Waals surface area contributed by atoms with Crippen LogP contribution in [0.2, 0.25) is 0 Å². The number of benzene rings is 3. The minimum Gasteiger partial charge on any atom is -1.00 e. The summed E-state index contributed by atoms with van der Waals surface area (Å²) in [6, 6.07) is 34.1. The average molecular weight is 546 g/mol. The molecule has 4 rings (SSSR count). The van der Waals surface area contributed by atoms with Gasteiger partial charge in [-0.2, -0.15) is 11.6 Å². The van der Waals surface area contributed by atoms with Gasteiger partial charge in [-0.1, -0.05) is 109 Å². The Kier molecular flexibility index (Phi) is 13.6. The fraction of sp³-hybridized carbons (Fsp3) is 0.233.